The predicted octanol–water partition coefficient (Wildman–Crippen LogP) is 4.48. The van der Waals surface area contributed by atoms with Gasteiger partial charge in [-0.05, 0) is 55.5 Å². The highest BCUT2D eigenvalue weighted by molar-refractivity contribution is 6.30. The minimum atomic E-state index is -0.615. The van der Waals surface area contributed by atoms with Gasteiger partial charge in [-0.1, -0.05) is 11.6 Å². The molecule has 6 nitrogen and oxygen atoms in total. The van der Waals surface area contributed by atoms with Crippen LogP contribution in [0.2, 0.25) is 5.02 Å². The van der Waals surface area contributed by atoms with E-state index in [9.17, 15) is 4.79 Å². The normalized spacial score (nSPS) is 13.7. The van der Waals surface area contributed by atoms with Gasteiger partial charge in [0.15, 0.2) is 5.82 Å². The smallest absolute Gasteiger partial charge is 0.277 e. The summed E-state index contributed by atoms with van der Waals surface area (Å²) in [5.41, 5.74) is 4.60. The number of benzene rings is 2. The first-order valence-corrected chi connectivity index (χ1v) is 9.01. The lowest BCUT2D eigenvalue weighted by Gasteiger charge is -2.15. The second kappa shape index (κ2) is 7.17. The lowest BCUT2D eigenvalue weighted by atomic mass is 10.1. The summed E-state index contributed by atoms with van der Waals surface area (Å²) in [6.07, 6.45) is 3.59. The lowest BCUT2D eigenvalue weighted by molar-refractivity contribution is 0.0271. The van der Waals surface area contributed by atoms with E-state index >= 15 is 4.39 Å². The molecule has 3 N–H and O–H groups in total. The van der Waals surface area contributed by atoms with Crippen molar-refractivity contribution in [1.29, 1.82) is 0 Å². The number of aromatic nitrogens is 2. The van der Waals surface area contributed by atoms with Gasteiger partial charge in [0.05, 0.1) is 29.7 Å². The maximum atomic E-state index is 15.1. The van der Waals surface area contributed by atoms with Crippen molar-refractivity contribution in [3.8, 4) is 0 Å². The molecule has 1 fully saturated rings. The summed E-state index contributed by atoms with van der Waals surface area (Å²) < 4.78 is 15.1. The van der Waals surface area contributed by atoms with Gasteiger partial charge in [-0.3, -0.25) is 9.63 Å². The van der Waals surface area contributed by atoms with Crippen LogP contribution >= 0.6 is 11.6 Å². The van der Waals surface area contributed by atoms with E-state index in [1.165, 1.54) is 6.33 Å². The molecule has 3 aromatic rings. The molecule has 0 unspecified atom stereocenters. The van der Waals surface area contributed by atoms with E-state index in [-0.39, 0.29) is 16.8 Å². The van der Waals surface area contributed by atoms with E-state index in [0.717, 1.165) is 18.4 Å². The van der Waals surface area contributed by atoms with E-state index in [0.29, 0.717) is 28.8 Å². The van der Waals surface area contributed by atoms with E-state index in [1.54, 1.807) is 24.3 Å². The molecule has 1 saturated carbocycles. The fourth-order valence-electron chi connectivity index (χ4n) is 2.81. The first kappa shape index (κ1) is 17.8. The quantitative estimate of drug-likeness (QED) is 0.544. The highest BCUT2D eigenvalue weighted by Gasteiger charge is 2.24. The number of rotatable bonds is 6. The minimum Gasteiger partial charge on any atom is -0.352 e. The number of H-pyrrole nitrogens is 1. The van der Waals surface area contributed by atoms with Crippen molar-refractivity contribution in [2.45, 2.75) is 19.8 Å². The number of carbonyl (C=O) groups excluding carboxylic acids is 1. The largest absolute Gasteiger partial charge is 0.352 e. The lowest BCUT2D eigenvalue weighted by Crippen LogP contribution is -2.26. The number of nitrogens with one attached hydrogen (secondary N) is 3. The predicted molar refractivity (Wildman–Crippen MR) is 102 cm³/mol. The van der Waals surface area contributed by atoms with Crippen LogP contribution in [-0.4, -0.2) is 22.5 Å². The molecule has 0 bridgehead atoms. The minimum absolute atomic E-state index is 0.0348. The standard InChI is InChI=1S/C19H18ClFN4O2/c1-10-6-12(20)4-5-14(10)24-17-13(19(26)25-27-8-11-2-3-11)7-15-18(16(17)21)23-9-22-15/h4-7,9,11,24H,2-3,8H2,1H3,(H,22,23)(H,25,26). The van der Waals surface area contributed by atoms with Crippen molar-refractivity contribution in [1.82, 2.24) is 15.4 Å². The molecule has 140 valence electrons. The molecule has 27 heavy (non-hydrogen) atoms. The van der Waals surface area contributed by atoms with Crippen LogP contribution in [0.15, 0.2) is 30.6 Å². The van der Waals surface area contributed by atoms with Crippen molar-refractivity contribution < 1.29 is 14.0 Å². The van der Waals surface area contributed by atoms with E-state index in [2.05, 4.69) is 20.8 Å². The van der Waals surface area contributed by atoms with Crippen LogP contribution < -0.4 is 10.8 Å². The van der Waals surface area contributed by atoms with E-state index in [4.69, 9.17) is 16.4 Å². The Kier molecular flexibility index (Phi) is 4.72. The van der Waals surface area contributed by atoms with Crippen LogP contribution in [0, 0.1) is 18.7 Å². The third kappa shape index (κ3) is 3.74. The van der Waals surface area contributed by atoms with E-state index < -0.39 is 11.7 Å². The van der Waals surface area contributed by atoms with Gasteiger partial charge in [0.2, 0.25) is 0 Å². The van der Waals surface area contributed by atoms with Crippen LogP contribution in [0.3, 0.4) is 0 Å². The molecule has 0 spiro atoms. The number of carbonyl (C=O) groups is 1. The van der Waals surface area contributed by atoms with Crippen molar-refractivity contribution in [3.05, 3.63) is 52.6 Å². The van der Waals surface area contributed by atoms with Gasteiger partial charge in [0.1, 0.15) is 5.52 Å². The molecule has 1 aromatic heterocycles. The summed E-state index contributed by atoms with van der Waals surface area (Å²) in [4.78, 5) is 24.7. The number of hydrogen-bond acceptors (Lipinski definition) is 4. The number of halogens is 2. The Morgan fingerprint density at radius 1 is 1.41 bits per heavy atom. The Morgan fingerprint density at radius 3 is 2.96 bits per heavy atom. The number of hydrogen-bond donors (Lipinski definition) is 3. The molecule has 4 rings (SSSR count). The van der Waals surface area contributed by atoms with Crippen LogP contribution in [0.5, 0.6) is 0 Å². The third-order valence-corrected chi connectivity index (χ3v) is 4.76. The maximum Gasteiger partial charge on any atom is 0.277 e. The Hall–Kier alpha value is -2.64. The van der Waals surface area contributed by atoms with Gasteiger partial charge in [-0.15, -0.1) is 0 Å². The fourth-order valence-corrected chi connectivity index (χ4v) is 3.04. The maximum absolute atomic E-state index is 15.1. The molecule has 8 heteroatoms. The third-order valence-electron chi connectivity index (χ3n) is 4.53. The molecule has 1 aliphatic rings. The summed E-state index contributed by atoms with van der Waals surface area (Å²) in [7, 11) is 0. The second-order valence-electron chi connectivity index (χ2n) is 6.68. The zero-order valence-corrected chi connectivity index (χ0v) is 15.4. The average Bonchev–Trinajstić information content (AvgIpc) is 3.33. The number of imidazole rings is 1. The Labute approximate surface area is 160 Å². The van der Waals surface area contributed by atoms with Gasteiger partial charge in [-0.2, -0.15) is 0 Å². The van der Waals surface area contributed by atoms with Crippen LogP contribution in [0.4, 0.5) is 15.8 Å². The SMILES string of the molecule is Cc1cc(Cl)ccc1Nc1c(C(=O)NOCC2CC2)cc2[nH]cnc2c1F. The highest BCUT2D eigenvalue weighted by atomic mass is 35.5. The molecule has 2 aromatic carbocycles. The van der Waals surface area contributed by atoms with Gasteiger partial charge < -0.3 is 10.3 Å². The van der Waals surface area contributed by atoms with Crippen molar-refractivity contribution >= 4 is 39.9 Å². The average molecular weight is 389 g/mol. The molecule has 0 radical (unpaired) electrons. The monoisotopic (exact) mass is 388 g/mol. The molecule has 1 amide bonds. The van der Waals surface area contributed by atoms with Crippen LogP contribution in [0.1, 0.15) is 28.8 Å². The summed E-state index contributed by atoms with van der Waals surface area (Å²) in [5.74, 6) is -0.651. The Balaban J connectivity index is 1.69. The fraction of sp³-hybridized carbons (Fsp3) is 0.263. The zero-order valence-electron chi connectivity index (χ0n) is 14.6. The number of aryl methyl sites for hydroxylation is 1. The molecule has 1 aliphatic carbocycles. The summed E-state index contributed by atoms with van der Waals surface area (Å²) in [6, 6.07) is 6.74. The molecule has 1 heterocycles. The zero-order chi connectivity index (χ0) is 19.0. The molecular weight excluding hydrogens is 371 g/mol. The number of fused-ring (bicyclic) bond motifs is 1. The van der Waals surface area contributed by atoms with Crippen molar-refractivity contribution in [3.63, 3.8) is 0 Å². The first-order valence-electron chi connectivity index (χ1n) is 8.64. The Bertz CT molecular complexity index is 1020. The van der Waals surface area contributed by atoms with E-state index in [1.807, 2.05) is 6.92 Å². The van der Waals surface area contributed by atoms with Crippen LogP contribution in [0.25, 0.3) is 11.0 Å². The molecule has 0 saturated heterocycles. The number of nitrogens with zero attached hydrogens (tertiary/aromatic N) is 1. The topological polar surface area (TPSA) is 79.0 Å². The second-order valence-corrected chi connectivity index (χ2v) is 7.12. The molecular formula is C19H18ClFN4O2. The summed E-state index contributed by atoms with van der Waals surface area (Å²) in [6.45, 7) is 2.30. The first-order chi connectivity index (χ1) is 13.0. The number of aromatic amines is 1. The Morgan fingerprint density at radius 2 is 2.22 bits per heavy atom. The van der Waals surface area contributed by atoms with Gasteiger partial charge in [0.25, 0.3) is 5.91 Å². The summed E-state index contributed by atoms with van der Waals surface area (Å²) in [5, 5.41) is 3.58. The van der Waals surface area contributed by atoms with Gasteiger partial charge >= 0.3 is 0 Å². The number of hydroxylamine groups is 1. The molecule has 0 aliphatic heterocycles. The summed E-state index contributed by atoms with van der Waals surface area (Å²) >= 11 is 5.99. The van der Waals surface area contributed by atoms with Gasteiger partial charge in [-0.25, -0.2) is 14.9 Å². The number of amides is 1. The highest BCUT2D eigenvalue weighted by Crippen LogP contribution is 2.32. The van der Waals surface area contributed by atoms with Crippen LogP contribution in [-0.2, 0) is 4.84 Å². The van der Waals surface area contributed by atoms with Crippen molar-refractivity contribution in [2.75, 3.05) is 11.9 Å². The molecule has 0 atom stereocenters. The van der Waals surface area contributed by atoms with Gasteiger partial charge in [0, 0.05) is 10.7 Å². The number of anilines is 2. The van der Waals surface area contributed by atoms with Crippen molar-refractivity contribution in [2.24, 2.45) is 5.92 Å².